The van der Waals surface area contributed by atoms with Crippen LogP contribution in [0, 0.1) is 0 Å². The zero-order valence-electron chi connectivity index (χ0n) is 15.2. The van der Waals surface area contributed by atoms with Gasteiger partial charge in [-0.3, -0.25) is 0 Å². The Balaban J connectivity index is 1.44. The second-order valence-electron chi connectivity index (χ2n) is 6.87. The molecular formula is C22H24N3OS+. The van der Waals surface area contributed by atoms with E-state index in [-0.39, 0.29) is 12.1 Å². The molecule has 3 N–H and O–H groups in total. The lowest BCUT2D eigenvalue weighted by atomic mass is 9.98. The fraction of sp³-hybridized carbons (Fsp3) is 0.227. The number of benzene rings is 2. The number of hydrogen-bond donors (Lipinski definition) is 3. The van der Waals surface area contributed by atoms with Gasteiger partial charge in [0.15, 0.2) is 0 Å². The molecule has 2 heterocycles. The predicted octanol–water partition coefficient (Wildman–Crippen LogP) is 3.25. The number of rotatable bonds is 5. The van der Waals surface area contributed by atoms with Gasteiger partial charge in [-0.15, -0.1) is 11.3 Å². The molecular weight excluding hydrogens is 354 g/mol. The van der Waals surface area contributed by atoms with E-state index in [2.05, 4.69) is 52.4 Å². The molecule has 1 unspecified atom stereocenters. The van der Waals surface area contributed by atoms with Crippen LogP contribution in [-0.4, -0.2) is 19.1 Å². The van der Waals surface area contributed by atoms with Crippen molar-refractivity contribution in [2.45, 2.75) is 19.0 Å². The van der Waals surface area contributed by atoms with Crippen molar-refractivity contribution in [1.82, 2.24) is 5.32 Å². The summed E-state index contributed by atoms with van der Waals surface area (Å²) in [6.45, 7) is 2.71. The molecule has 1 aliphatic heterocycles. The van der Waals surface area contributed by atoms with Gasteiger partial charge in [0, 0.05) is 17.7 Å². The Labute approximate surface area is 163 Å². The molecule has 4 nitrogen and oxygen atoms in total. The van der Waals surface area contributed by atoms with Crippen LogP contribution >= 0.6 is 11.3 Å². The molecule has 3 aromatic rings. The van der Waals surface area contributed by atoms with E-state index in [4.69, 9.17) is 0 Å². The van der Waals surface area contributed by atoms with Gasteiger partial charge in [-0.2, -0.15) is 0 Å². The molecule has 0 aliphatic carbocycles. The Morgan fingerprint density at radius 1 is 1.00 bits per heavy atom. The average Bonchev–Trinajstić information content (AvgIpc) is 3.23. The van der Waals surface area contributed by atoms with Crippen molar-refractivity contribution < 1.29 is 9.69 Å². The molecule has 1 aliphatic rings. The van der Waals surface area contributed by atoms with Crippen molar-refractivity contribution in [2.24, 2.45) is 0 Å². The minimum atomic E-state index is -0.153. The molecule has 0 bridgehead atoms. The van der Waals surface area contributed by atoms with Gasteiger partial charge in [0.1, 0.15) is 12.6 Å². The minimum absolute atomic E-state index is 0.153. The normalized spacial score (nSPS) is 17.0. The maximum Gasteiger partial charge on any atom is 0.319 e. The Hall–Kier alpha value is -2.63. The molecule has 5 heteroatoms. The van der Waals surface area contributed by atoms with Crippen LogP contribution in [0.5, 0.6) is 0 Å². The summed E-state index contributed by atoms with van der Waals surface area (Å²) in [6.07, 6.45) is 1.09. The SMILES string of the molecule is O=C(NC[C@@H](c1cccs1)[NH+]1CCc2ccccc2C1)Nc1ccccc1. The first-order valence-corrected chi connectivity index (χ1v) is 10.2. The maximum absolute atomic E-state index is 12.3. The molecule has 0 saturated carbocycles. The number of amides is 2. The zero-order valence-corrected chi connectivity index (χ0v) is 16.0. The Bertz CT molecular complexity index is 880. The predicted molar refractivity (Wildman–Crippen MR) is 110 cm³/mol. The number of hydrogen-bond acceptors (Lipinski definition) is 2. The van der Waals surface area contributed by atoms with Crippen LogP contribution in [-0.2, 0) is 13.0 Å². The van der Waals surface area contributed by atoms with Crippen LogP contribution in [0.25, 0.3) is 0 Å². The van der Waals surface area contributed by atoms with Crippen molar-refractivity contribution in [3.63, 3.8) is 0 Å². The smallest absolute Gasteiger partial charge is 0.319 e. The van der Waals surface area contributed by atoms with Crippen LogP contribution in [0.15, 0.2) is 72.1 Å². The van der Waals surface area contributed by atoms with Crippen LogP contribution < -0.4 is 15.5 Å². The van der Waals surface area contributed by atoms with Crippen LogP contribution in [0.3, 0.4) is 0 Å². The van der Waals surface area contributed by atoms with Gasteiger partial charge in [0.05, 0.1) is 18.0 Å². The van der Waals surface area contributed by atoms with Gasteiger partial charge in [-0.05, 0) is 29.1 Å². The lowest BCUT2D eigenvalue weighted by Gasteiger charge is -2.32. The molecule has 2 aromatic carbocycles. The molecule has 0 spiro atoms. The number of nitrogens with one attached hydrogen (secondary N) is 3. The van der Waals surface area contributed by atoms with Gasteiger partial charge < -0.3 is 15.5 Å². The van der Waals surface area contributed by atoms with Crippen molar-refractivity contribution in [3.05, 3.63) is 88.1 Å². The number of carbonyl (C=O) groups excluding carboxylic acids is 1. The third kappa shape index (κ3) is 4.38. The van der Waals surface area contributed by atoms with E-state index in [0.717, 1.165) is 25.2 Å². The van der Waals surface area contributed by atoms with Gasteiger partial charge in [0.25, 0.3) is 0 Å². The highest BCUT2D eigenvalue weighted by Gasteiger charge is 2.29. The highest BCUT2D eigenvalue weighted by Crippen LogP contribution is 2.19. The third-order valence-electron chi connectivity index (χ3n) is 5.13. The van der Waals surface area contributed by atoms with E-state index >= 15 is 0 Å². The quantitative estimate of drug-likeness (QED) is 0.627. The molecule has 27 heavy (non-hydrogen) atoms. The molecule has 0 fully saturated rings. The maximum atomic E-state index is 12.3. The van der Waals surface area contributed by atoms with Crippen LogP contribution in [0.4, 0.5) is 10.5 Å². The van der Waals surface area contributed by atoms with Gasteiger partial charge >= 0.3 is 6.03 Å². The van der Waals surface area contributed by atoms with E-state index in [0.29, 0.717) is 6.54 Å². The first-order valence-electron chi connectivity index (χ1n) is 9.34. The Morgan fingerprint density at radius 2 is 1.78 bits per heavy atom. The summed E-state index contributed by atoms with van der Waals surface area (Å²) >= 11 is 1.77. The number of quaternary nitrogens is 1. The van der Waals surface area contributed by atoms with E-state index in [1.165, 1.54) is 20.9 Å². The topological polar surface area (TPSA) is 45.6 Å². The third-order valence-corrected chi connectivity index (χ3v) is 6.12. The summed E-state index contributed by atoms with van der Waals surface area (Å²) in [5, 5.41) is 8.10. The van der Waals surface area contributed by atoms with E-state index in [1.54, 1.807) is 11.3 Å². The highest BCUT2D eigenvalue weighted by atomic mass is 32.1. The average molecular weight is 379 g/mol. The Kier molecular flexibility index (Phi) is 5.51. The Morgan fingerprint density at radius 3 is 2.56 bits per heavy atom. The fourth-order valence-electron chi connectivity index (χ4n) is 3.73. The van der Waals surface area contributed by atoms with E-state index in [9.17, 15) is 4.79 Å². The molecule has 0 radical (unpaired) electrons. The van der Waals surface area contributed by atoms with Crippen molar-refractivity contribution in [3.8, 4) is 0 Å². The number of thiophene rings is 1. The van der Waals surface area contributed by atoms with Crippen molar-refractivity contribution in [1.29, 1.82) is 0 Å². The summed E-state index contributed by atoms with van der Waals surface area (Å²) in [6, 6.07) is 22.6. The van der Waals surface area contributed by atoms with E-state index < -0.39 is 0 Å². The van der Waals surface area contributed by atoms with Gasteiger partial charge in [-0.25, -0.2) is 4.79 Å². The van der Waals surface area contributed by atoms with Crippen LogP contribution in [0.2, 0.25) is 0 Å². The summed E-state index contributed by atoms with van der Waals surface area (Å²) in [5.41, 5.74) is 3.69. The lowest BCUT2D eigenvalue weighted by Crippen LogP contribution is -3.12. The number of urea groups is 1. The zero-order chi connectivity index (χ0) is 18.5. The van der Waals surface area contributed by atoms with Gasteiger partial charge in [0.2, 0.25) is 0 Å². The van der Waals surface area contributed by atoms with Gasteiger partial charge in [-0.1, -0.05) is 48.5 Å². The molecule has 138 valence electrons. The van der Waals surface area contributed by atoms with Crippen LogP contribution in [0.1, 0.15) is 22.0 Å². The molecule has 2 atom stereocenters. The second kappa shape index (κ2) is 8.37. The number of fused-ring (bicyclic) bond motifs is 1. The number of anilines is 1. The standard InChI is InChI=1S/C22H23N3OS/c26-22(24-19-9-2-1-3-10-19)23-15-20(21-11-6-14-27-21)25-13-12-17-7-4-5-8-18(17)16-25/h1-11,14,20H,12-13,15-16H2,(H2,23,24,26)/p+1/t20-/m0/s1. The number of carbonyl (C=O) groups is 1. The van der Waals surface area contributed by atoms with E-state index in [1.807, 2.05) is 30.3 Å². The number of para-hydroxylation sites is 1. The summed E-state index contributed by atoms with van der Waals surface area (Å²) in [4.78, 5) is 15.2. The second-order valence-corrected chi connectivity index (χ2v) is 7.85. The summed E-state index contributed by atoms with van der Waals surface area (Å²) in [5.74, 6) is 0. The largest absolute Gasteiger partial charge is 0.331 e. The fourth-order valence-corrected chi connectivity index (χ4v) is 4.61. The summed E-state index contributed by atoms with van der Waals surface area (Å²) in [7, 11) is 0. The summed E-state index contributed by atoms with van der Waals surface area (Å²) < 4.78 is 0. The van der Waals surface area contributed by atoms with Crippen molar-refractivity contribution >= 4 is 23.1 Å². The molecule has 4 rings (SSSR count). The van der Waals surface area contributed by atoms with Crippen molar-refractivity contribution in [2.75, 3.05) is 18.4 Å². The first-order chi connectivity index (χ1) is 13.3. The first kappa shape index (κ1) is 17.8. The lowest BCUT2D eigenvalue weighted by molar-refractivity contribution is -0.945. The monoisotopic (exact) mass is 378 g/mol. The molecule has 2 amide bonds. The highest BCUT2D eigenvalue weighted by molar-refractivity contribution is 7.10. The molecule has 0 saturated heterocycles. The molecule has 1 aromatic heterocycles. The minimum Gasteiger partial charge on any atom is -0.331 e.